The van der Waals surface area contributed by atoms with Gasteiger partial charge in [-0.05, 0) is 20.3 Å². The molecule has 0 spiro atoms. The van der Waals surface area contributed by atoms with Crippen molar-refractivity contribution in [3.8, 4) is 0 Å². The minimum absolute atomic E-state index is 0.241. The predicted octanol–water partition coefficient (Wildman–Crippen LogP) is 0.295. The van der Waals surface area contributed by atoms with Gasteiger partial charge in [0.1, 0.15) is 0 Å². The maximum Gasteiger partial charge on any atom is 0.321 e. The number of amides is 3. The normalized spacial score (nSPS) is 23.9. The van der Waals surface area contributed by atoms with Crippen molar-refractivity contribution in [1.82, 2.24) is 20.9 Å². The molecule has 1 rings (SSSR count). The van der Waals surface area contributed by atoms with E-state index in [9.17, 15) is 9.59 Å². The van der Waals surface area contributed by atoms with Crippen LogP contribution in [0.2, 0.25) is 0 Å². The Balaban J connectivity index is 2.27. The smallest absolute Gasteiger partial charge is 0.321 e. The molecule has 1 fully saturated rings. The summed E-state index contributed by atoms with van der Waals surface area (Å²) in [6, 6.07) is 0.293. The van der Waals surface area contributed by atoms with E-state index in [4.69, 9.17) is 0 Å². The summed E-state index contributed by atoms with van der Waals surface area (Å²) < 4.78 is 0. The van der Waals surface area contributed by atoms with Gasteiger partial charge in [-0.3, -0.25) is 15.0 Å². The van der Waals surface area contributed by atoms with Gasteiger partial charge >= 0.3 is 6.03 Å². The van der Waals surface area contributed by atoms with E-state index in [-0.39, 0.29) is 12.5 Å². The Morgan fingerprint density at radius 3 is 2.79 bits per heavy atom. The molecule has 0 aromatic rings. The topological polar surface area (TPSA) is 73.5 Å². The van der Waals surface area contributed by atoms with E-state index in [1.165, 1.54) is 0 Å². The zero-order chi connectivity index (χ0) is 14.3. The first-order chi connectivity index (χ1) is 9.02. The molecule has 3 N–H and O–H groups in total. The number of hydrogen-bond donors (Lipinski definition) is 3. The van der Waals surface area contributed by atoms with Crippen LogP contribution >= 0.6 is 0 Å². The number of imide groups is 1. The van der Waals surface area contributed by atoms with Gasteiger partial charge in [-0.2, -0.15) is 0 Å². The lowest BCUT2D eigenvalue weighted by molar-refractivity contribution is -0.122. The maximum atomic E-state index is 11.8. The fourth-order valence-electron chi connectivity index (χ4n) is 2.09. The minimum atomic E-state index is -0.394. The van der Waals surface area contributed by atoms with E-state index in [1.807, 2.05) is 0 Å². The van der Waals surface area contributed by atoms with Crippen LogP contribution < -0.4 is 16.0 Å². The van der Waals surface area contributed by atoms with Crippen LogP contribution in [0.25, 0.3) is 0 Å². The summed E-state index contributed by atoms with van der Waals surface area (Å²) in [5.41, 5.74) is 0. The molecular formula is C13H26N4O2. The van der Waals surface area contributed by atoms with Crippen molar-refractivity contribution in [2.24, 2.45) is 0 Å². The second kappa shape index (κ2) is 8.12. The maximum absolute atomic E-state index is 11.8. The molecule has 1 aliphatic heterocycles. The molecule has 6 heteroatoms. The Kier molecular flexibility index (Phi) is 6.80. The Bertz CT molecular complexity index is 309. The summed E-state index contributed by atoms with van der Waals surface area (Å²) in [5, 5.41) is 8.40. The molecule has 1 aliphatic rings. The first-order valence-electron chi connectivity index (χ1n) is 7.08. The number of urea groups is 1. The Morgan fingerprint density at radius 1 is 1.37 bits per heavy atom. The van der Waals surface area contributed by atoms with Crippen molar-refractivity contribution in [1.29, 1.82) is 0 Å². The van der Waals surface area contributed by atoms with Crippen molar-refractivity contribution in [3.63, 3.8) is 0 Å². The zero-order valence-corrected chi connectivity index (χ0v) is 12.2. The van der Waals surface area contributed by atoms with Crippen LogP contribution in [0.15, 0.2) is 0 Å². The molecule has 19 heavy (non-hydrogen) atoms. The molecule has 1 saturated heterocycles. The average molecular weight is 270 g/mol. The lowest BCUT2D eigenvalue weighted by atomic mass is 10.1. The third-order valence-electron chi connectivity index (χ3n) is 3.31. The number of hydrogen-bond acceptors (Lipinski definition) is 4. The molecule has 0 aliphatic carbocycles. The van der Waals surface area contributed by atoms with Crippen LogP contribution in [-0.4, -0.2) is 55.1 Å². The summed E-state index contributed by atoms with van der Waals surface area (Å²) in [4.78, 5) is 25.3. The third kappa shape index (κ3) is 6.02. The number of nitrogens with zero attached hydrogens (tertiary/aromatic N) is 1. The van der Waals surface area contributed by atoms with E-state index >= 15 is 0 Å². The second-order valence-electron chi connectivity index (χ2n) is 5.25. The first kappa shape index (κ1) is 15.9. The third-order valence-corrected chi connectivity index (χ3v) is 3.31. The van der Waals surface area contributed by atoms with Crippen LogP contribution in [-0.2, 0) is 4.79 Å². The van der Waals surface area contributed by atoms with Gasteiger partial charge in [0.15, 0.2) is 0 Å². The van der Waals surface area contributed by atoms with E-state index in [0.29, 0.717) is 18.6 Å². The van der Waals surface area contributed by atoms with E-state index < -0.39 is 6.03 Å². The molecule has 0 saturated carbocycles. The lowest BCUT2D eigenvalue weighted by Crippen LogP contribution is -2.57. The Hall–Kier alpha value is -1.14. The highest BCUT2D eigenvalue weighted by Gasteiger charge is 2.24. The van der Waals surface area contributed by atoms with Crippen molar-refractivity contribution < 1.29 is 9.59 Å². The quantitative estimate of drug-likeness (QED) is 0.628. The van der Waals surface area contributed by atoms with Gasteiger partial charge in [0.25, 0.3) is 0 Å². The minimum Gasteiger partial charge on any atom is -0.338 e. The highest BCUT2D eigenvalue weighted by molar-refractivity contribution is 5.95. The van der Waals surface area contributed by atoms with E-state index in [1.54, 1.807) is 0 Å². The van der Waals surface area contributed by atoms with Crippen molar-refractivity contribution in [3.05, 3.63) is 0 Å². The summed E-state index contributed by atoms with van der Waals surface area (Å²) in [6.07, 6.45) is 1.94. The van der Waals surface area contributed by atoms with Crippen LogP contribution in [0.4, 0.5) is 4.79 Å². The SMILES string of the molecule is CCCCNC(=O)NC(=O)CN1CC(C)NCC1C. The summed E-state index contributed by atoms with van der Waals surface area (Å²) >= 11 is 0. The molecule has 0 radical (unpaired) electrons. The van der Waals surface area contributed by atoms with Gasteiger partial charge < -0.3 is 10.6 Å². The van der Waals surface area contributed by atoms with Crippen molar-refractivity contribution >= 4 is 11.9 Å². The molecule has 0 aromatic heterocycles. The standard InChI is InChI=1S/C13H26N4O2/c1-4-5-6-14-13(19)16-12(18)9-17-8-10(2)15-7-11(17)3/h10-11,15H,4-9H2,1-3H3,(H2,14,16,18,19). The van der Waals surface area contributed by atoms with Crippen molar-refractivity contribution in [2.75, 3.05) is 26.2 Å². The highest BCUT2D eigenvalue weighted by Crippen LogP contribution is 2.05. The van der Waals surface area contributed by atoms with Gasteiger partial charge in [0.2, 0.25) is 5.91 Å². The van der Waals surface area contributed by atoms with Gasteiger partial charge in [-0.25, -0.2) is 4.79 Å². The molecule has 3 amide bonds. The van der Waals surface area contributed by atoms with Gasteiger partial charge in [0, 0.05) is 31.7 Å². The van der Waals surface area contributed by atoms with Crippen molar-refractivity contribution in [2.45, 2.75) is 45.7 Å². The van der Waals surface area contributed by atoms with Crippen LogP contribution in [0.3, 0.4) is 0 Å². The second-order valence-corrected chi connectivity index (χ2v) is 5.25. The highest BCUT2D eigenvalue weighted by atomic mass is 16.2. The largest absolute Gasteiger partial charge is 0.338 e. The summed E-state index contributed by atoms with van der Waals surface area (Å²) in [7, 11) is 0. The number of nitrogens with one attached hydrogen (secondary N) is 3. The molecule has 0 aromatic carbocycles. The molecule has 110 valence electrons. The molecule has 0 bridgehead atoms. The Labute approximate surface area is 115 Å². The number of carbonyl (C=O) groups excluding carboxylic acids is 2. The molecule has 2 unspecified atom stereocenters. The number of rotatable bonds is 5. The number of piperazine rings is 1. The Morgan fingerprint density at radius 2 is 2.11 bits per heavy atom. The summed E-state index contributed by atoms with van der Waals surface area (Å²) in [5.74, 6) is -0.241. The average Bonchev–Trinajstić information content (AvgIpc) is 2.34. The van der Waals surface area contributed by atoms with Gasteiger partial charge in [-0.15, -0.1) is 0 Å². The lowest BCUT2D eigenvalue weighted by Gasteiger charge is -2.36. The van der Waals surface area contributed by atoms with Crippen LogP contribution in [0.5, 0.6) is 0 Å². The van der Waals surface area contributed by atoms with Crippen LogP contribution in [0.1, 0.15) is 33.6 Å². The van der Waals surface area contributed by atoms with E-state index in [2.05, 4.69) is 41.6 Å². The van der Waals surface area contributed by atoms with Gasteiger partial charge in [0.05, 0.1) is 6.54 Å². The monoisotopic (exact) mass is 270 g/mol. The van der Waals surface area contributed by atoms with E-state index in [0.717, 1.165) is 25.9 Å². The fraction of sp³-hybridized carbons (Fsp3) is 0.846. The molecular weight excluding hydrogens is 244 g/mol. The zero-order valence-electron chi connectivity index (χ0n) is 12.2. The van der Waals surface area contributed by atoms with Gasteiger partial charge in [-0.1, -0.05) is 13.3 Å². The molecule has 1 heterocycles. The first-order valence-corrected chi connectivity index (χ1v) is 7.08. The number of carbonyl (C=O) groups is 2. The predicted molar refractivity (Wildman–Crippen MR) is 74.9 cm³/mol. The summed E-state index contributed by atoms with van der Waals surface area (Å²) in [6.45, 7) is 8.80. The fourth-order valence-corrected chi connectivity index (χ4v) is 2.09. The number of unbranched alkanes of at least 4 members (excludes halogenated alkanes) is 1. The van der Waals surface area contributed by atoms with Crippen LogP contribution in [0, 0.1) is 0 Å². The molecule has 6 nitrogen and oxygen atoms in total. The molecule has 2 atom stereocenters.